The van der Waals surface area contributed by atoms with Gasteiger partial charge in [-0.2, -0.15) is 0 Å². The summed E-state index contributed by atoms with van der Waals surface area (Å²) in [6, 6.07) is 3.27. The zero-order valence-electron chi connectivity index (χ0n) is 25.7. The van der Waals surface area contributed by atoms with Crippen molar-refractivity contribution in [3.05, 3.63) is 40.5 Å². The van der Waals surface area contributed by atoms with Crippen LogP contribution in [0.3, 0.4) is 0 Å². The van der Waals surface area contributed by atoms with E-state index in [-0.39, 0.29) is 92.5 Å². The number of ether oxygens (including phenoxy) is 2. The van der Waals surface area contributed by atoms with E-state index in [2.05, 4.69) is 25.7 Å². The summed E-state index contributed by atoms with van der Waals surface area (Å²) in [7, 11) is 0. The number of fused-ring (bicyclic) bond motifs is 1. The number of nitrogens with one attached hydrogen (secondary N) is 1. The Kier molecular flexibility index (Phi) is 12.3. The minimum absolute atomic E-state index is 0. The molecule has 2 aliphatic heterocycles. The fourth-order valence-corrected chi connectivity index (χ4v) is 7.17. The number of esters is 2. The molecule has 0 saturated carbocycles. The molecule has 0 spiro atoms. The average molecular weight is 726 g/mol. The Labute approximate surface area is 306 Å². The van der Waals surface area contributed by atoms with Crippen LogP contribution in [0.2, 0.25) is 0 Å². The molecule has 1 saturated heterocycles. The summed E-state index contributed by atoms with van der Waals surface area (Å²) in [5.41, 5.74) is 6.09. The smallest absolute Gasteiger partial charge is 0.543 e. The van der Waals surface area contributed by atoms with E-state index in [9.17, 15) is 29.1 Å². The molecule has 0 aliphatic carbocycles. The first-order valence-corrected chi connectivity index (χ1v) is 16.5. The molecule has 2 aliphatic rings. The van der Waals surface area contributed by atoms with Crippen LogP contribution in [0.15, 0.2) is 49.6 Å². The van der Waals surface area contributed by atoms with Gasteiger partial charge in [0.2, 0.25) is 5.89 Å². The largest absolute Gasteiger partial charge is 1.00 e. The summed E-state index contributed by atoms with van der Waals surface area (Å²) >= 11 is 3.38. The van der Waals surface area contributed by atoms with E-state index >= 15 is 0 Å². The SMILES string of the molecule is CCO/N=C(/C(=O)N[C@@H]1C(=O)N2C(C(=O)[O-])=C(CSc3nnc(-c4ccc(OC(C)=O)c(OC(C)=O)c4)o3)CS[C@H]12)c1csc(N)n1.[Na+]. The van der Waals surface area contributed by atoms with Crippen LogP contribution in [0.1, 0.15) is 26.5 Å². The summed E-state index contributed by atoms with van der Waals surface area (Å²) < 4.78 is 15.9. The van der Waals surface area contributed by atoms with Gasteiger partial charge >= 0.3 is 41.5 Å². The molecule has 1 aromatic carbocycles. The number of carboxylic acid groups (broad SMARTS) is 1. The number of aromatic nitrogens is 3. The van der Waals surface area contributed by atoms with Gasteiger partial charge in [-0.3, -0.25) is 24.1 Å². The number of rotatable bonds is 12. The van der Waals surface area contributed by atoms with Crippen molar-refractivity contribution in [3.8, 4) is 23.0 Å². The Bertz CT molecular complexity index is 1830. The van der Waals surface area contributed by atoms with Crippen molar-refractivity contribution in [2.24, 2.45) is 5.16 Å². The molecule has 3 aromatic rings. The average Bonchev–Trinajstić information content (AvgIpc) is 3.68. The van der Waals surface area contributed by atoms with E-state index in [0.717, 1.165) is 28.0 Å². The van der Waals surface area contributed by atoms with Gasteiger partial charge in [-0.05, 0) is 30.7 Å². The van der Waals surface area contributed by atoms with Gasteiger partial charge in [0.25, 0.3) is 17.0 Å². The maximum atomic E-state index is 13.1. The fraction of sp³-hybridized carbons (Fsp3) is 0.296. The molecule has 1 fully saturated rings. The van der Waals surface area contributed by atoms with E-state index in [1.165, 1.54) is 49.2 Å². The number of anilines is 1. The van der Waals surface area contributed by atoms with Crippen molar-refractivity contribution in [2.75, 3.05) is 23.8 Å². The van der Waals surface area contributed by atoms with Crippen molar-refractivity contribution in [2.45, 2.75) is 37.4 Å². The fourth-order valence-electron chi connectivity index (χ4n) is 4.37. The number of hydrogen-bond acceptors (Lipinski definition) is 18. The predicted molar refractivity (Wildman–Crippen MR) is 165 cm³/mol. The molecular formula is C27H24N7NaO10S3. The second-order valence-corrected chi connectivity index (χ2v) is 12.5. The Morgan fingerprint density at radius 3 is 2.56 bits per heavy atom. The third kappa shape index (κ3) is 8.18. The molecule has 2 atom stereocenters. The second-order valence-electron chi connectivity index (χ2n) is 9.54. The number of aliphatic carboxylic acids is 1. The number of benzene rings is 1. The monoisotopic (exact) mass is 725 g/mol. The van der Waals surface area contributed by atoms with Crippen LogP contribution in [0.25, 0.3) is 11.5 Å². The molecule has 17 nitrogen and oxygen atoms in total. The van der Waals surface area contributed by atoms with Gasteiger partial charge < -0.3 is 39.7 Å². The van der Waals surface area contributed by atoms with Crippen LogP contribution in [-0.4, -0.2) is 85.0 Å². The number of thioether (sulfide) groups is 2. The molecule has 21 heteroatoms. The van der Waals surface area contributed by atoms with Gasteiger partial charge in [-0.25, -0.2) is 4.98 Å². The Morgan fingerprint density at radius 1 is 1.19 bits per heavy atom. The third-order valence-electron chi connectivity index (χ3n) is 6.27. The topological polar surface area (TPSA) is 242 Å². The maximum absolute atomic E-state index is 13.1. The normalized spacial score (nSPS) is 17.1. The second kappa shape index (κ2) is 16.0. The Hall–Kier alpha value is -3.95. The minimum Gasteiger partial charge on any atom is -0.543 e. The van der Waals surface area contributed by atoms with Crippen LogP contribution < -0.4 is 55.2 Å². The first-order chi connectivity index (χ1) is 22.5. The summed E-state index contributed by atoms with van der Waals surface area (Å²) in [6.07, 6.45) is 0. The van der Waals surface area contributed by atoms with Gasteiger partial charge in [-0.15, -0.1) is 33.3 Å². The molecule has 0 radical (unpaired) electrons. The number of carbonyl (C=O) groups is 5. The minimum atomic E-state index is -1.56. The number of nitrogen functional groups attached to an aromatic ring is 1. The predicted octanol–water partition coefficient (Wildman–Crippen LogP) is -2.43. The molecule has 246 valence electrons. The third-order valence-corrected chi connectivity index (χ3v) is 9.18. The molecule has 48 heavy (non-hydrogen) atoms. The zero-order chi connectivity index (χ0) is 33.8. The standard InChI is InChI=1S/C27H25N7O10S3.Na/c1-4-41-33-18(15-10-46-26(28)29-15)21(37)30-19-23(38)34-20(25(39)40)14(8-45-24(19)34)9-47-27-32-31-22(44-27)13-5-6-16(42-11(2)35)17(7-13)43-12(3)36;/h5-7,10,19,24H,4,8-9H2,1-3H3,(H2,28,29)(H,30,37)(H,39,40);/q;+1/p-1/b33-18+;/t19-,24-;/m1./s1. The molecule has 0 bridgehead atoms. The van der Waals surface area contributed by atoms with E-state index < -0.39 is 41.1 Å². The number of hydrogen-bond donors (Lipinski definition) is 2. The van der Waals surface area contributed by atoms with E-state index in [4.69, 9.17) is 24.5 Å². The van der Waals surface area contributed by atoms with Gasteiger partial charge in [-0.1, -0.05) is 16.9 Å². The molecule has 3 N–H and O–H groups in total. The van der Waals surface area contributed by atoms with Crippen LogP contribution in [-0.2, 0) is 28.8 Å². The van der Waals surface area contributed by atoms with Gasteiger partial charge in [0.15, 0.2) is 22.3 Å². The summed E-state index contributed by atoms with van der Waals surface area (Å²) in [5.74, 6) is -3.90. The molecule has 0 unspecified atom stereocenters. The van der Waals surface area contributed by atoms with Gasteiger partial charge in [0, 0.05) is 36.3 Å². The Balaban J connectivity index is 0.00000520. The molecule has 4 heterocycles. The van der Waals surface area contributed by atoms with Crippen LogP contribution in [0, 0.1) is 0 Å². The van der Waals surface area contributed by atoms with Crippen LogP contribution in [0.5, 0.6) is 11.5 Å². The number of carboxylic acids is 1. The van der Waals surface area contributed by atoms with Gasteiger partial charge in [0.05, 0.1) is 11.7 Å². The number of nitrogens with zero attached hydrogens (tertiary/aromatic N) is 5. The number of amides is 2. The summed E-state index contributed by atoms with van der Waals surface area (Å²) in [6.45, 7) is 4.24. The summed E-state index contributed by atoms with van der Waals surface area (Å²) in [4.78, 5) is 71.5. The van der Waals surface area contributed by atoms with Crippen molar-refractivity contribution >= 4 is 75.4 Å². The van der Waals surface area contributed by atoms with Crippen LogP contribution in [0.4, 0.5) is 5.13 Å². The quantitative estimate of drug-likeness (QED) is 0.0375. The number of β-lactam (4-membered cyclic amide) rings is 1. The first-order valence-electron chi connectivity index (χ1n) is 13.5. The van der Waals surface area contributed by atoms with Gasteiger partial charge in [0.1, 0.15) is 23.7 Å². The summed E-state index contributed by atoms with van der Waals surface area (Å²) in [5, 5.41) is 27.7. The van der Waals surface area contributed by atoms with Crippen molar-refractivity contribution in [1.82, 2.24) is 25.4 Å². The van der Waals surface area contributed by atoms with Crippen molar-refractivity contribution < 1.29 is 77.4 Å². The van der Waals surface area contributed by atoms with E-state index in [1.54, 1.807) is 6.92 Å². The Morgan fingerprint density at radius 2 is 1.92 bits per heavy atom. The maximum Gasteiger partial charge on any atom is 1.00 e. The van der Waals surface area contributed by atoms with E-state index in [0.29, 0.717) is 11.1 Å². The molecular weight excluding hydrogens is 702 g/mol. The number of nitrogens with two attached hydrogens (primary N) is 1. The first kappa shape index (κ1) is 36.9. The van der Waals surface area contributed by atoms with Crippen molar-refractivity contribution in [1.29, 1.82) is 0 Å². The van der Waals surface area contributed by atoms with Crippen LogP contribution >= 0.6 is 34.9 Å². The molecule has 5 rings (SSSR count). The van der Waals surface area contributed by atoms with E-state index in [1.807, 2.05) is 0 Å². The number of oxime groups is 1. The molecule has 2 aromatic heterocycles. The zero-order valence-corrected chi connectivity index (χ0v) is 30.2. The number of thiazole rings is 1. The number of carbonyl (C=O) groups excluding carboxylic acids is 5. The molecule has 2 amide bonds. The van der Waals surface area contributed by atoms with Crippen molar-refractivity contribution in [3.63, 3.8) is 0 Å².